The second-order valence-corrected chi connectivity index (χ2v) is 9.95. The molecule has 0 aromatic carbocycles. The lowest BCUT2D eigenvalue weighted by atomic mass is 9.87. The maximum atomic E-state index is 9.51. The van der Waals surface area contributed by atoms with E-state index in [0.717, 1.165) is 48.5 Å². The minimum atomic E-state index is 0.0990. The zero-order valence-corrected chi connectivity index (χ0v) is 19.3. The van der Waals surface area contributed by atoms with E-state index in [1.54, 1.807) is 0 Å². The van der Waals surface area contributed by atoms with E-state index in [2.05, 4.69) is 21.0 Å². The van der Waals surface area contributed by atoms with Crippen molar-refractivity contribution in [2.45, 2.75) is 70.3 Å². The SMILES string of the molecule is OCCn1cc(-c2ccnc(N3CCCC3)n2)c(C2CCCN(CC3CCCCC3)C2)n1. The molecule has 1 aliphatic carbocycles. The Balaban J connectivity index is 1.38. The normalized spacial score (nSPS) is 23.2. The van der Waals surface area contributed by atoms with Crippen molar-refractivity contribution in [3.8, 4) is 11.3 Å². The van der Waals surface area contributed by atoms with Crippen LogP contribution in [0.4, 0.5) is 5.95 Å². The standard InChI is InChI=1S/C25H38N6O/c32-16-15-31-19-22(23-10-11-26-25(27-23)30-13-4-5-14-30)24(28-31)21-9-6-12-29(18-21)17-20-7-2-1-3-8-20/h10-11,19-21,32H,1-9,12-18H2. The third-order valence-corrected chi connectivity index (χ3v) is 7.56. The van der Waals surface area contributed by atoms with Crippen molar-refractivity contribution in [1.29, 1.82) is 0 Å². The fraction of sp³-hybridized carbons (Fsp3) is 0.720. The van der Waals surface area contributed by atoms with Gasteiger partial charge in [-0.2, -0.15) is 5.10 Å². The van der Waals surface area contributed by atoms with Gasteiger partial charge in [0, 0.05) is 50.1 Å². The molecule has 7 nitrogen and oxygen atoms in total. The summed E-state index contributed by atoms with van der Waals surface area (Å²) in [5.41, 5.74) is 3.23. The van der Waals surface area contributed by atoms with Crippen molar-refractivity contribution in [1.82, 2.24) is 24.6 Å². The number of aromatic nitrogens is 4. The number of aliphatic hydroxyl groups is 1. The molecule has 2 saturated heterocycles. The number of anilines is 1. The summed E-state index contributed by atoms with van der Waals surface area (Å²) in [6, 6.07) is 2.02. The highest BCUT2D eigenvalue weighted by atomic mass is 16.3. The molecular weight excluding hydrogens is 400 g/mol. The van der Waals surface area contributed by atoms with E-state index >= 15 is 0 Å². The highest BCUT2D eigenvalue weighted by Crippen LogP contribution is 2.35. The Labute approximate surface area is 191 Å². The number of hydrogen-bond donors (Lipinski definition) is 1. The van der Waals surface area contributed by atoms with E-state index in [4.69, 9.17) is 10.1 Å². The smallest absolute Gasteiger partial charge is 0.225 e. The molecule has 2 aliphatic heterocycles. The van der Waals surface area contributed by atoms with Crippen LogP contribution in [0.2, 0.25) is 0 Å². The third kappa shape index (κ3) is 4.99. The van der Waals surface area contributed by atoms with Crippen LogP contribution in [-0.2, 0) is 6.54 Å². The molecule has 174 valence electrons. The number of rotatable bonds is 7. The molecule has 4 heterocycles. The molecule has 1 atom stereocenters. The van der Waals surface area contributed by atoms with Gasteiger partial charge >= 0.3 is 0 Å². The van der Waals surface area contributed by atoms with Crippen molar-refractivity contribution < 1.29 is 5.11 Å². The largest absolute Gasteiger partial charge is 0.394 e. The van der Waals surface area contributed by atoms with Gasteiger partial charge in [-0.05, 0) is 57.1 Å². The summed E-state index contributed by atoms with van der Waals surface area (Å²) in [5, 5.41) is 14.5. The van der Waals surface area contributed by atoms with Gasteiger partial charge < -0.3 is 14.9 Å². The quantitative estimate of drug-likeness (QED) is 0.711. The van der Waals surface area contributed by atoms with Crippen LogP contribution in [0.3, 0.4) is 0 Å². The average molecular weight is 439 g/mol. The maximum absolute atomic E-state index is 9.51. The Morgan fingerprint density at radius 1 is 0.969 bits per heavy atom. The van der Waals surface area contributed by atoms with Crippen LogP contribution in [-0.4, -0.2) is 69.1 Å². The van der Waals surface area contributed by atoms with Crippen LogP contribution in [0.5, 0.6) is 0 Å². The first kappa shape index (κ1) is 21.8. The number of aliphatic hydroxyl groups excluding tert-OH is 1. The molecule has 1 saturated carbocycles. The Bertz CT molecular complexity index is 871. The van der Waals surface area contributed by atoms with Gasteiger partial charge in [0.2, 0.25) is 5.95 Å². The van der Waals surface area contributed by atoms with Crippen molar-refractivity contribution in [3.05, 3.63) is 24.2 Å². The molecule has 7 heteroatoms. The van der Waals surface area contributed by atoms with E-state index in [1.807, 2.05) is 16.9 Å². The Hall–Kier alpha value is -1.99. The third-order valence-electron chi connectivity index (χ3n) is 7.56. The van der Waals surface area contributed by atoms with E-state index in [-0.39, 0.29) is 6.61 Å². The summed E-state index contributed by atoms with van der Waals surface area (Å²) in [7, 11) is 0. The van der Waals surface area contributed by atoms with Gasteiger partial charge in [0.05, 0.1) is 24.5 Å². The van der Waals surface area contributed by atoms with Gasteiger partial charge in [-0.15, -0.1) is 0 Å². The van der Waals surface area contributed by atoms with Gasteiger partial charge in [-0.1, -0.05) is 19.3 Å². The van der Waals surface area contributed by atoms with Gasteiger partial charge in [0.15, 0.2) is 0 Å². The van der Waals surface area contributed by atoms with E-state index in [9.17, 15) is 5.11 Å². The highest BCUT2D eigenvalue weighted by molar-refractivity contribution is 5.63. The molecule has 0 spiro atoms. The second-order valence-electron chi connectivity index (χ2n) is 9.95. The first-order chi connectivity index (χ1) is 15.8. The van der Waals surface area contributed by atoms with Gasteiger partial charge in [0.25, 0.3) is 0 Å². The molecule has 3 fully saturated rings. The molecular formula is C25H38N6O. The van der Waals surface area contributed by atoms with Crippen LogP contribution in [0.1, 0.15) is 69.4 Å². The molecule has 3 aliphatic rings. The van der Waals surface area contributed by atoms with Crippen LogP contribution >= 0.6 is 0 Å². The van der Waals surface area contributed by atoms with Crippen LogP contribution in [0.15, 0.2) is 18.5 Å². The van der Waals surface area contributed by atoms with E-state index in [1.165, 1.54) is 70.9 Å². The number of nitrogens with zero attached hydrogens (tertiary/aromatic N) is 6. The lowest BCUT2D eigenvalue weighted by Crippen LogP contribution is -2.38. The van der Waals surface area contributed by atoms with Crippen LogP contribution in [0, 0.1) is 5.92 Å². The predicted molar refractivity (Wildman–Crippen MR) is 127 cm³/mol. The van der Waals surface area contributed by atoms with Crippen molar-refractivity contribution in [2.24, 2.45) is 5.92 Å². The van der Waals surface area contributed by atoms with Crippen LogP contribution in [0.25, 0.3) is 11.3 Å². The first-order valence-corrected chi connectivity index (χ1v) is 12.8. The van der Waals surface area contributed by atoms with Gasteiger partial charge in [-0.25, -0.2) is 9.97 Å². The average Bonchev–Trinajstić information content (AvgIpc) is 3.51. The van der Waals surface area contributed by atoms with E-state index in [0.29, 0.717) is 12.5 Å². The Kier molecular flexibility index (Phi) is 7.03. The Morgan fingerprint density at radius 2 is 1.81 bits per heavy atom. The fourth-order valence-corrected chi connectivity index (χ4v) is 5.90. The van der Waals surface area contributed by atoms with Crippen molar-refractivity contribution >= 4 is 5.95 Å². The fourth-order valence-electron chi connectivity index (χ4n) is 5.90. The zero-order chi connectivity index (χ0) is 21.8. The summed E-state index contributed by atoms with van der Waals surface area (Å²) in [5.74, 6) is 2.13. The number of piperidine rings is 1. The molecule has 2 aromatic heterocycles. The molecule has 5 rings (SSSR count). The highest BCUT2D eigenvalue weighted by Gasteiger charge is 2.29. The monoisotopic (exact) mass is 438 g/mol. The summed E-state index contributed by atoms with van der Waals surface area (Å²) >= 11 is 0. The minimum absolute atomic E-state index is 0.0990. The molecule has 0 amide bonds. The maximum Gasteiger partial charge on any atom is 0.225 e. The number of likely N-dealkylation sites (tertiary alicyclic amines) is 1. The minimum Gasteiger partial charge on any atom is -0.394 e. The predicted octanol–water partition coefficient (Wildman–Crippen LogP) is 3.69. The molecule has 2 aromatic rings. The van der Waals surface area contributed by atoms with E-state index < -0.39 is 0 Å². The van der Waals surface area contributed by atoms with Gasteiger partial charge in [0.1, 0.15) is 0 Å². The first-order valence-electron chi connectivity index (χ1n) is 12.8. The number of hydrogen-bond acceptors (Lipinski definition) is 6. The topological polar surface area (TPSA) is 70.3 Å². The second kappa shape index (κ2) is 10.3. The van der Waals surface area contributed by atoms with Crippen molar-refractivity contribution in [3.63, 3.8) is 0 Å². The lowest BCUT2D eigenvalue weighted by Gasteiger charge is -2.35. The summed E-state index contributed by atoms with van der Waals surface area (Å²) < 4.78 is 1.91. The summed E-state index contributed by atoms with van der Waals surface area (Å²) in [6.07, 6.45) is 15.8. The molecule has 1 unspecified atom stereocenters. The Morgan fingerprint density at radius 3 is 2.62 bits per heavy atom. The van der Waals surface area contributed by atoms with Crippen LogP contribution < -0.4 is 4.90 Å². The molecule has 1 N–H and O–H groups in total. The molecule has 32 heavy (non-hydrogen) atoms. The van der Waals surface area contributed by atoms with Crippen molar-refractivity contribution in [2.75, 3.05) is 44.2 Å². The molecule has 0 radical (unpaired) electrons. The van der Waals surface area contributed by atoms with Gasteiger partial charge in [-0.3, -0.25) is 4.68 Å². The lowest BCUT2D eigenvalue weighted by molar-refractivity contribution is 0.159. The summed E-state index contributed by atoms with van der Waals surface area (Å²) in [6.45, 7) is 6.25. The zero-order valence-electron chi connectivity index (χ0n) is 19.3. The molecule has 0 bridgehead atoms. The summed E-state index contributed by atoms with van der Waals surface area (Å²) in [4.78, 5) is 14.5.